The lowest BCUT2D eigenvalue weighted by Gasteiger charge is -2.10. The van der Waals surface area contributed by atoms with E-state index in [1.807, 2.05) is 26.2 Å². The van der Waals surface area contributed by atoms with Crippen molar-refractivity contribution in [1.29, 1.82) is 0 Å². The zero-order chi connectivity index (χ0) is 11.5. The van der Waals surface area contributed by atoms with Crippen LogP contribution in [0.1, 0.15) is 11.6 Å². The van der Waals surface area contributed by atoms with Crippen LogP contribution in [0.2, 0.25) is 0 Å². The van der Waals surface area contributed by atoms with E-state index in [0.717, 1.165) is 5.76 Å². The summed E-state index contributed by atoms with van der Waals surface area (Å²) in [5.74, 6) is 2.18. The predicted molar refractivity (Wildman–Crippen MR) is 60.1 cm³/mol. The molecule has 16 heavy (non-hydrogen) atoms. The van der Waals surface area contributed by atoms with E-state index in [2.05, 4.69) is 15.0 Å². The third kappa shape index (κ3) is 2.28. The molecular weight excluding hydrogens is 206 g/mol. The summed E-state index contributed by atoms with van der Waals surface area (Å²) in [6, 6.07) is 3.70. The Balaban J connectivity index is 2.27. The van der Waals surface area contributed by atoms with Crippen LogP contribution in [0, 0.1) is 0 Å². The summed E-state index contributed by atoms with van der Waals surface area (Å²) in [4.78, 5) is 14.1. The van der Waals surface area contributed by atoms with Crippen LogP contribution < -0.4 is 10.6 Å². The Kier molecular flexibility index (Phi) is 2.72. The van der Waals surface area contributed by atoms with Crippen LogP contribution in [0.4, 0.5) is 11.9 Å². The van der Waals surface area contributed by atoms with Gasteiger partial charge in [-0.2, -0.15) is 15.0 Å². The summed E-state index contributed by atoms with van der Waals surface area (Å²) >= 11 is 0. The van der Waals surface area contributed by atoms with Gasteiger partial charge in [0.1, 0.15) is 11.6 Å². The number of nitrogens with two attached hydrogens (primary N) is 1. The Morgan fingerprint density at radius 3 is 2.75 bits per heavy atom. The largest absolute Gasteiger partial charge is 0.469 e. The summed E-state index contributed by atoms with van der Waals surface area (Å²) in [6.07, 6.45) is 2.13. The first-order valence-corrected chi connectivity index (χ1v) is 4.85. The number of nitrogens with zero attached hydrogens (tertiary/aromatic N) is 4. The van der Waals surface area contributed by atoms with Gasteiger partial charge in [0.25, 0.3) is 0 Å². The van der Waals surface area contributed by atoms with Crippen LogP contribution in [0.25, 0.3) is 0 Å². The van der Waals surface area contributed by atoms with E-state index in [1.165, 1.54) is 0 Å². The van der Waals surface area contributed by atoms with Gasteiger partial charge >= 0.3 is 0 Å². The van der Waals surface area contributed by atoms with Gasteiger partial charge in [0.15, 0.2) is 0 Å². The lowest BCUT2D eigenvalue weighted by molar-refractivity contribution is 0.517. The second-order valence-electron chi connectivity index (χ2n) is 3.56. The van der Waals surface area contributed by atoms with Crippen molar-refractivity contribution in [3.05, 3.63) is 30.0 Å². The summed E-state index contributed by atoms with van der Waals surface area (Å²) in [7, 11) is 3.71. The van der Waals surface area contributed by atoms with Crippen molar-refractivity contribution < 1.29 is 4.42 Å². The number of nitrogen functional groups attached to an aromatic ring is 1. The van der Waals surface area contributed by atoms with Gasteiger partial charge in [-0.3, -0.25) is 0 Å². The maximum Gasteiger partial charge on any atom is 0.229 e. The Morgan fingerprint density at radius 2 is 2.12 bits per heavy atom. The van der Waals surface area contributed by atoms with Gasteiger partial charge in [0.05, 0.1) is 12.7 Å². The van der Waals surface area contributed by atoms with Gasteiger partial charge in [-0.25, -0.2) is 0 Å². The smallest absolute Gasteiger partial charge is 0.229 e. The molecule has 0 aliphatic heterocycles. The molecule has 0 aliphatic carbocycles. The Hall–Kier alpha value is -2.11. The van der Waals surface area contributed by atoms with Crippen LogP contribution >= 0.6 is 0 Å². The maximum absolute atomic E-state index is 5.61. The molecule has 2 aromatic rings. The first kappa shape index (κ1) is 10.4. The minimum absolute atomic E-state index is 0.222. The van der Waals surface area contributed by atoms with Crippen LogP contribution in [0.5, 0.6) is 0 Å². The molecule has 0 unspecified atom stereocenters. The van der Waals surface area contributed by atoms with Gasteiger partial charge in [-0.1, -0.05) is 0 Å². The second kappa shape index (κ2) is 4.18. The standard InChI is InChI=1S/C10H13N5O/c1-15(2)10-13-8(12-9(11)14-10)6-7-4-3-5-16-7/h3-5H,6H2,1-2H3,(H2,11,12,13,14). The zero-order valence-electron chi connectivity index (χ0n) is 9.21. The molecule has 0 spiro atoms. The molecular formula is C10H13N5O. The van der Waals surface area contributed by atoms with Gasteiger partial charge in [-0.05, 0) is 12.1 Å². The average molecular weight is 219 g/mol. The van der Waals surface area contributed by atoms with Crippen molar-refractivity contribution in [3.8, 4) is 0 Å². The lowest BCUT2D eigenvalue weighted by Crippen LogP contribution is -2.16. The van der Waals surface area contributed by atoms with Crippen LogP contribution in [0.15, 0.2) is 22.8 Å². The number of aromatic nitrogens is 3. The summed E-state index contributed by atoms with van der Waals surface area (Å²) < 4.78 is 5.22. The molecule has 84 valence electrons. The highest BCUT2D eigenvalue weighted by atomic mass is 16.3. The fourth-order valence-corrected chi connectivity index (χ4v) is 1.27. The molecule has 0 bridgehead atoms. The van der Waals surface area contributed by atoms with Crippen molar-refractivity contribution in [2.45, 2.75) is 6.42 Å². The fraction of sp³-hybridized carbons (Fsp3) is 0.300. The molecule has 0 fully saturated rings. The molecule has 2 N–H and O–H groups in total. The average Bonchev–Trinajstić information content (AvgIpc) is 2.69. The number of rotatable bonds is 3. The fourth-order valence-electron chi connectivity index (χ4n) is 1.27. The molecule has 2 rings (SSSR count). The Bertz CT molecular complexity index is 466. The van der Waals surface area contributed by atoms with E-state index in [1.54, 1.807) is 11.2 Å². The predicted octanol–water partition coefficient (Wildman–Crippen LogP) is 0.704. The van der Waals surface area contributed by atoms with Gasteiger partial charge < -0.3 is 15.1 Å². The molecule has 6 nitrogen and oxygen atoms in total. The van der Waals surface area contributed by atoms with Gasteiger partial charge in [0.2, 0.25) is 11.9 Å². The summed E-state index contributed by atoms with van der Waals surface area (Å²) in [5, 5.41) is 0. The molecule has 6 heteroatoms. The Labute approximate surface area is 93.1 Å². The molecule has 0 atom stereocenters. The molecule has 0 radical (unpaired) electrons. The monoisotopic (exact) mass is 219 g/mol. The molecule has 2 heterocycles. The van der Waals surface area contributed by atoms with E-state index >= 15 is 0 Å². The number of hydrogen-bond acceptors (Lipinski definition) is 6. The summed E-state index contributed by atoms with van der Waals surface area (Å²) in [6.45, 7) is 0. The molecule has 2 aromatic heterocycles. The number of anilines is 2. The molecule has 0 aliphatic rings. The zero-order valence-corrected chi connectivity index (χ0v) is 9.21. The van der Waals surface area contributed by atoms with Crippen molar-refractivity contribution >= 4 is 11.9 Å². The van der Waals surface area contributed by atoms with Crippen LogP contribution in [-0.4, -0.2) is 29.0 Å². The number of hydrogen-bond donors (Lipinski definition) is 1. The Morgan fingerprint density at radius 1 is 1.31 bits per heavy atom. The number of furan rings is 1. The molecule has 0 amide bonds. The van der Waals surface area contributed by atoms with Crippen LogP contribution in [0.3, 0.4) is 0 Å². The van der Waals surface area contributed by atoms with E-state index in [-0.39, 0.29) is 5.95 Å². The van der Waals surface area contributed by atoms with Crippen molar-refractivity contribution in [3.63, 3.8) is 0 Å². The SMILES string of the molecule is CN(C)c1nc(N)nc(Cc2ccco2)n1. The third-order valence-electron chi connectivity index (χ3n) is 2.00. The quantitative estimate of drug-likeness (QED) is 0.818. The van der Waals surface area contributed by atoms with Crippen LogP contribution in [-0.2, 0) is 6.42 Å². The van der Waals surface area contributed by atoms with E-state index in [9.17, 15) is 0 Å². The van der Waals surface area contributed by atoms with E-state index in [4.69, 9.17) is 10.2 Å². The normalized spacial score (nSPS) is 10.4. The highest BCUT2D eigenvalue weighted by Gasteiger charge is 2.07. The first-order chi connectivity index (χ1) is 7.65. The minimum Gasteiger partial charge on any atom is -0.469 e. The van der Waals surface area contributed by atoms with Gasteiger partial charge in [-0.15, -0.1) is 0 Å². The maximum atomic E-state index is 5.61. The lowest BCUT2D eigenvalue weighted by atomic mass is 10.3. The first-order valence-electron chi connectivity index (χ1n) is 4.85. The van der Waals surface area contributed by atoms with E-state index < -0.39 is 0 Å². The van der Waals surface area contributed by atoms with Gasteiger partial charge in [0, 0.05) is 14.1 Å². The van der Waals surface area contributed by atoms with E-state index in [0.29, 0.717) is 18.2 Å². The highest BCUT2D eigenvalue weighted by molar-refractivity contribution is 5.33. The molecule has 0 saturated carbocycles. The highest BCUT2D eigenvalue weighted by Crippen LogP contribution is 2.10. The molecule has 0 saturated heterocycles. The summed E-state index contributed by atoms with van der Waals surface area (Å²) in [5.41, 5.74) is 5.61. The van der Waals surface area contributed by atoms with Crippen molar-refractivity contribution in [2.75, 3.05) is 24.7 Å². The van der Waals surface area contributed by atoms with Crippen molar-refractivity contribution in [2.24, 2.45) is 0 Å². The topological polar surface area (TPSA) is 81.1 Å². The third-order valence-corrected chi connectivity index (χ3v) is 2.00. The minimum atomic E-state index is 0.222. The molecule has 0 aromatic carbocycles. The van der Waals surface area contributed by atoms with Crippen molar-refractivity contribution in [1.82, 2.24) is 15.0 Å². The second-order valence-corrected chi connectivity index (χ2v) is 3.56.